The molecule has 2 aromatic rings. The molecule has 33 heavy (non-hydrogen) atoms. The highest BCUT2D eigenvalue weighted by Gasteiger charge is 2.44. The number of piperidine rings is 1. The monoisotopic (exact) mass is 483 g/mol. The Morgan fingerprint density at radius 3 is 2.55 bits per heavy atom. The molecule has 0 bridgehead atoms. The Morgan fingerprint density at radius 1 is 1.15 bits per heavy atom. The molecule has 1 aromatic carbocycles. The summed E-state index contributed by atoms with van der Waals surface area (Å²) in [5.74, 6) is 0.0458. The van der Waals surface area contributed by atoms with Crippen molar-refractivity contribution in [3.8, 4) is 0 Å². The van der Waals surface area contributed by atoms with Crippen LogP contribution >= 0.6 is 11.6 Å². The van der Waals surface area contributed by atoms with Gasteiger partial charge in [-0.25, -0.2) is 4.79 Å². The van der Waals surface area contributed by atoms with Crippen LogP contribution in [0.4, 0.5) is 23.8 Å². The number of carbonyl (C=O) groups excluding carboxylic acids is 2. The Labute approximate surface area is 194 Å². The first-order valence-corrected chi connectivity index (χ1v) is 11.2. The van der Waals surface area contributed by atoms with E-state index in [1.54, 1.807) is 17.0 Å². The van der Waals surface area contributed by atoms with Crippen molar-refractivity contribution in [1.82, 2.24) is 19.6 Å². The molecule has 0 unspecified atom stereocenters. The largest absolute Gasteiger partial charge is 0.417 e. The number of nitrogens with one attached hydrogen (secondary N) is 1. The maximum Gasteiger partial charge on any atom is 0.417 e. The third kappa shape index (κ3) is 5.01. The Hall–Kier alpha value is -2.59. The normalized spacial score (nSPS) is 18.6. The van der Waals surface area contributed by atoms with E-state index in [-0.39, 0.29) is 22.5 Å². The van der Waals surface area contributed by atoms with Gasteiger partial charge in [-0.3, -0.25) is 9.69 Å². The summed E-state index contributed by atoms with van der Waals surface area (Å²) in [5.41, 5.74) is -0.373. The Kier molecular flexibility index (Phi) is 6.41. The topological polar surface area (TPSA) is 70.5 Å². The van der Waals surface area contributed by atoms with E-state index in [1.807, 2.05) is 0 Å². The minimum atomic E-state index is -4.49. The molecule has 0 saturated carbocycles. The van der Waals surface area contributed by atoms with Crippen molar-refractivity contribution in [2.75, 3.05) is 25.0 Å². The molecule has 4 rings (SSSR count). The Balaban J connectivity index is 1.42. The molecular weight excluding hydrogens is 459 g/mol. The van der Waals surface area contributed by atoms with Gasteiger partial charge in [0.05, 0.1) is 10.6 Å². The molecule has 0 aliphatic carbocycles. The summed E-state index contributed by atoms with van der Waals surface area (Å²) in [4.78, 5) is 27.9. The summed E-state index contributed by atoms with van der Waals surface area (Å²) < 4.78 is 41.0. The second-order valence-corrected chi connectivity index (χ2v) is 9.06. The number of alkyl halides is 3. The zero-order valence-electron chi connectivity index (χ0n) is 18.2. The van der Waals surface area contributed by atoms with Gasteiger partial charge in [0.15, 0.2) is 5.82 Å². The highest BCUT2D eigenvalue weighted by molar-refractivity contribution is 6.31. The predicted molar refractivity (Wildman–Crippen MR) is 117 cm³/mol. The number of rotatable bonds is 3. The molecule has 178 valence electrons. The van der Waals surface area contributed by atoms with Gasteiger partial charge < -0.3 is 10.2 Å². The Bertz CT molecular complexity index is 1050. The average Bonchev–Trinajstić information content (AvgIpc) is 3.36. The van der Waals surface area contributed by atoms with Crippen molar-refractivity contribution < 1.29 is 22.8 Å². The molecule has 1 N–H and O–H groups in total. The van der Waals surface area contributed by atoms with Gasteiger partial charge in [0.2, 0.25) is 5.91 Å². The van der Waals surface area contributed by atoms with Crippen molar-refractivity contribution >= 4 is 29.4 Å². The fraction of sp³-hybridized carbons (Fsp3) is 0.500. The van der Waals surface area contributed by atoms with Gasteiger partial charge >= 0.3 is 12.2 Å². The van der Waals surface area contributed by atoms with E-state index in [0.29, 0.717) is 31.0 Å². The van der Waals surface area contributed by atoms with Gasteiger partial charge in [0.1, 0.15) is 0 Å². The molecular formula is C22H25ClF3N5O2. The number of hydrogen-bond donors (Lipinski definition) is 1. The number of amides is 2. The van der Waals surface area contributed by atoms with Gasteiger partial charge in [-0.15, -0.1) is 5.10 Å². The molecule has 7 nitrogen and oxygen atoms in total. The number of anilines is 1. The number of hydrogen-bond acceptors (Lipinski definition) is 4. The molecule has 0 atom stereocenters. The number of halogens is 4. The zero-order valence-corrected chi connectivity index (χ0v) is 18.9. The maximum atomic E-state index is 13.2. The van der Waals surface area contributed by atoms with Crippen LogP contribution in [0, 0.1) is 0 Å². The van der Waals surface area contributed by atoms with E-state index in [4.69, 9.17) is 11.6 Å². The second kappa shape index (κ2) is 8.98. The first kappa shape index (κ1) is 23.6. The SMILES string of the molecule is CC(=O)Nc1ccn(C(=O)N2CCC3(CCCN3Cc3ccc(Cl)c(C(F)(F)F)c3)CC2)n1. The summed E-state index contributed by atoms with van der Waals surface area (Å²) in [6.45, 7) is 3.63. The Morgan fingerprint density at radius 2 is 1.88 bits per heavy atom. The fourth-order valence-electron chi connectivity index (χ4n) is 4.85. The quantitative estimate of drug-likeness (QED) is 0.692. The summed E-state index contributed by atoms with van der Waals surface area (Å²) in [5, 5.41) is 6.35. The number of likely N-dealkylation sites (tertiary alicyclic amines) is 2. The lowest BCUT2D eigenvalue weighted by Crippen LogP contribution is -2.53. The number of benzene rings is 1. The third-order valence-electron chi connectivity index (χ3n) is 6.50. The van der Waals surface area contributed by atoms with Crippen LogP contribution in [0.1, 0.15) is 43.7 Å². The molecule has 11 heteroatoms. The van der Waals surface area contributed by atoms with Crippen LogP contribution in [0.25, 0.3) is 0 Å². The lowest BCUT2D eigenvalue weighted by molar-refractivity contribution is -0.137. The van der Waals surface area contributed by atoms with Crippen LogP contribution in [-0.4, -0.2) is 56.7 Å². The number of aromatic nitrogens is 2. The van der Waals surface area contributed by atoms with E-state index in [0.717, 1.165) is 38.3 Å². The summed E-state index contributed by atoms with van der Waals surface area (Å²) >= 11 is 5.76. The highest BCUT2D eigenvalue weighted by atomic mass is 35.5. The highest BCUT2D eigenvalue weighted by Crippen LogP contribution is 2.40. The van der Waals surface area contributed by atoms with Gasteiger partial charge in [-0.2, -0.15) is 17.9 Å². The van der Waals surface area contributed by atoms with Crippen molar-refractivity contribution in [1.29, 1.82) is 0 Å². The van der Waals surface area contributed by atoms with Gasteiger partial charge in [0.25, 0.3) is 0 Å². The van der Waals surface area contributed by atoms with Gasteiger partial charge in [-0.05, 0) is 49.9 Å². The fourth-order valence-corrected chi connectivity index (χ4v) is 5.08. The van der Waals surface area contributed by atoms with E-state index in [9.17, 15) is 22.8 Å². The minimum absolute atomic E-state index is 0.139. The molecule has 0 radical (unpaired) electrons. The molecule has 2 saturated heterocycles. The third-order valence-corrected chi connectivity index (χ3v) is 6.83. The number of carbonyl (C=O) groups is 2. The van der Waals surface area contributed by atoms with E-state index in [2.05, 4.69) is 15.3 Å². The second-order valence-electron chi connectivity index (χ2n) is 8.66. The first-order valence-electron chi connectivity index (χ1n) is 10.8. The summed E-state index contributed by atoms with van der Waals surface area (Å²) in [6, 6.07) is 5.39. The standard InChI is InChI=1S/C22H25ClF3N5O2/c1-15(32)27-19-5-10-31(28-19)20(33)29-11-7-21(8-12-29)6-2-9-30(21)14-16-3-4-18(23)17(13-16)22(24,25)26/h3-5,10,13H,2,6-9,11-12,14H2,1H3,(H,27,28,32). The molecule has 1 aromatic heterocycles. The van der Waals surface area contributed by atoms with Crippen LogP contribution in [-0.2, 0) is 17.5 Å². The smallest absolute Gasteiger partial charge is 0.323 e. The van der Waals surface area contributed by atoms with E-state index in [1.165, 1.54) is 23.9 Å². The van der Waals surface area contributed by atoms with Gasteiger partial charge in [0, 0.05) is 44.4 Å². The molecule has 2 fully saturated rings. The maximum absolute atomic E-state index is 13.2. The molecule has 2 aliphatic heterocycles. The van der Waals surface area contributed by atoms with Crippen LogP contribution in [0.5, 0.6) is 0 Å². The minimum Gasteiger partial charge on any atom is -0.323 e. The lowest BCUT2D eigenvalue weighted by atomic mass is 9.84. The van der Waals surface area contributed by atoms with Crippen molar-refractivity contribution in [3.05, 3.63) is 46.6 Å². The van der Waals surface area contributed by atoms with Crippen LogP contribution < -0.4 is 5.32 Å². The van der Waals surface area contributed by atoms with E-state index < -0.39 is 11.7 Å². The average molecular weight is 484 g/mol. The van der Waals surface area contributed by atoms with Crippen LogP contribution in [0.2, 0.25) is 5.02 Å². The first-order chi connectivity index (χ1) is 15.6. The summed E-state index contributed by atoms with van der Waals surface area (Å²) in [6.07, 6.45) is 0.402. The van der Waals surface area contributed by atoms with Gasteiger partial charge in [-0.1, -0.05) is 17.7 Å². The van der Waals surface area contributed by atoms with Crippen molar-refractivity contribution in [3.63, 3.8) is 0 Å². The lowest BCUT2D eigenvalue weighted by Gasteiger charge is -2.45. The van der Waals surface area contributed by atoms with Crippen molar-refractivity contribution in [2.24, 2.45) is 0 Å². The molecule has 2 aliphatic rings. The van der Waals surface area contributed by atoms with E-state index >= 15 is 0 Å². The van der Waals surface area contributed by atoms with Crippen LogP contribution in [0.3, 0.4) is 0 Å². The molecule has 1 spiro atoms. The molecule has 2 amide bonds. The zero-order chi connectivity index (χ0) is 23.8. The van der Waals surface area contributed by atoms with Crippen molar-refractivity contribution in [2.45, 2.75) is 50.9 Å². The number of nitrogens with zero attached hydrogens (tertiary/aromatic N) is 4. The summed E-state index contributed by atoms with van der Waals surface area (Å²) in [7, 11) is 0. The van der Waals surface area contributed by atoms with Crippen LogP contribution in [0.15, 0.2) is 30.5 Å². The molecule has 3 heterocycles. The predicted octanol–water partition coefficient (Wildman–Crippen LogP) is 4.61.